The van der Waals surface area contributed by atoms with E-state index in [1.165, 1.54) is 45.2 Å². The van der Waals surface area contributed by atoms with Crippen molar-refractivity contribution in [1.82, 2.24) is 10.2 Å². The van der Waals surface area contributed by atoms with Crippen molar-refractivity contribution in [1.29, 1.82) is 0 Å². The van der Waals surface area contributed by atoms with E-state index in [4.69, 9.17) is 4.74 Å². The van der Waals surface area contributed by atoms with Gasteiger partial charge in [0.25, 0.3) is 0 Å². The quantitative estimate of drug-likeness (QED) is 0.758. The van der Waals surface area contributed by atoms with Gasteiger partial charge in [-0.25, -0.2) is 0 Å². The molecule has 2 fully saturated rings. The smallest absolute Gasteiger partial charge is 0.0587 e. The van der Waals surface area contributed by atoms with E-state index in [1.807, 2.05) is 0 Å². The van der Waals surface area contributed by atoms with E-state index in [9.17, 15) is 0 Å². The average molecular weight is 282 g/mol. The molecule has 1 N–H and O–H groups in total. The Morgan fingerprint density at radius 1 is 1.15 bits per heavy atom. The zero-order chi connectivity index (χ0) is 14.4. The summed E-state index contributed by atoms with van der Waals surface area (Å²) in [6.07, 6.45) is 7.07. The fourth-order valence-corrected chi connectivity index (χ4v) is 4.28. The van der Waals surface area contributed by atoms with Crippen molar-refractivity contribution in [2.24, 2.45) is 17.8 Å². The molecular formula is C17H34N2O. The van der Waals surface area contributed by atoms with Crippen LogP contribution in [0.15, 0.2) is 0 Å². The lowest BCUT2D eigenvalue weighted by Gasteiger charge is -2.43. The Morgan fingerprint density at radius 2 is 1.90 bits per heavy atom. The van der Waals surface area contributed by atoms with Gasteiger partial charge in [-0.1, -0.05) is 13.8 Å². The van der Waals surface area contributed by atoms with Gasteiger partial charge in [-0.05, 0) is 62.9 Å². The monoisotopic (exact) mass is 282 g/mol. The second kappa shape index (κ2) is 8.35. The van der Waals surface area contributed by atoms with E-state index in [0.29, 0.717) is 0 Å². The molecule has 1 aliphatic heterocycles. The van der Waals surface area contributed by atoms with Crippen molar-refractivity contribution in [2.45, 2.75) is 52.0 Å². The molecule has 3 atom stereocenters. The molecule has 1 heterocycles. The number of rotatable bonds is 6. The van der Waals surface area contributed by atoms with E-state index in [2.05, 4.69) is 24.1 Å². The van der Waals surface area contributed by atoms with Gasteiger partial charge in [0, 0.05) is 26.2 Å². The maximum Gasteiger partial charge on any atom is 0.0587 e. The molecule has 3 nitrogen and oxygen atoms in total. The number of likely N-dealkylation sites (tertiary alicyclic amines) is 1. The molecule has 0 aromatic rings. The van der Waals surface area contributed by atoms with Crippen LogP contribution in [-0.2, 0) is 4.74 Å². The van der Waals surface area contributed by atoms with Crippen molar-refractivity contribution in [3.8, 4) is 0 Å². The topological polar surface area (TPSA) is 24.5 Å². The van der Waals surface area contributed by atoms with Crippen molar-refractivity contribution in [2.75, 3.05) is 39.9 Å². The predicted molar refractivity (Wildman–Crippen MR) is 85.0 cm³/mol. The van der Waals surface area contributed by atoms with Crippen molar-refractivity contribution >= 4 is 0 Å². The number of hydrogen-bond acceptors (Lipinski definition) is 3. The van der Waals surface area contributed by atoms with Crippen LogP contribution in [0.1, 0.15) is 46.0 Å². The van der Waals surface area contributed by atoms with E-state index >= 15 is 0 Å². The zero-order valence-electron chi connectivity index (χ0n) is 13.7. The van der Waals surface area contributed by atoms with Gasteiger partial charge in [-0.3, -0.25) is 0 Å². The van der Waals surface area contributed by atoms with Gasteiger partial charge in [0.05, 0.1) is 6.61 Å². The van der Waals surface area contributed by atoms with Crippen LogP contribution in [0.3, 0.4) is 0 Å². The van der Waals surface area contributed by atoms with Crippen LogP contribution < -0.4 is 5.32 Å². The molecule has 0 amide bonds. The van der Waals surface area contributed by atoms with Crippen LogP contribution >= 0.6 is 0 Å². The maximum atomic E-state index is 5.10. The molecule has 118 valence electrons. The molecule has 0 aromatic carbocycles. The number of methoxy groups -OCH3 is 1. The molecule has 2 aliphatic rings. The van der Waals surface area contributed by atoms with Crippen molar-refractivity contribution in [3.63, 3.8) is 0 Å². The molecule has 0 aromatic heterocycles. The van der Waals surface area contributed by atoms with Crippen LogP contribution in [0.4, 0.5) is 0 Å². The number of nitrogens with one attached hydrogen (secondary N) is 1. The number of ether oxygens (including phenoxy) is 1. The fraction of sp³-hybridized carbons (Fsp3) is 1.00. The summed E-state index contributed by atoms with van der Waals surface area (Å²) in [4.78, 5) is 2.80. The third kappa shape index (κ3) is 5.01. The molecular weight excluding hydrogens is 248 g/mol. The van der Waals surface area contributed by atoms with Crippen LogP contribution in [0, 0.1) is 17.8 Å². The van der Waals surface area contributed by atoms with Crippen LogP contribution in [-0.4, -0.2) is 50.8 Å². The molecule has 20 heavy (non-hydrogen) atoms. The highest BCUT2D eigenvalue weighted by Gasteiger charge is 2.31. The first-order valence-electron chi connectivity index (χ1n) is 8.62. The standard InChI is InChI=1S/C17H34N2O/c1-14-9-15(2)11-17(10-14)19-7-4-5-16(13-19)12-18-6-8-20-3/h14-18H,4-13H2,1-3H3. The third-order valence-corrected chi connectivity index (χ3v) is 5.14. The second-order valence-corrected chi connectivity index (χ2v) is 7.27. The van der Waals surface area contributed by atoms with Crippen molar-refractivity contribution < 1.29 is 4.74 Å². The van der Waals surface area contributed by atoms with Crippen molar-refractivity contribution in [3.05, 3.63) is 0 Å². The van der Waals surface area contributed by atoms with E-state index in [0.717, 1.165) is 43.5 Å². The van der Waals surface area contributed by atoms with Gasteiger partial charge in [-0.15, -0.1) is 0 Å². The van der Waals surface area contributed by atoms with E-state index in [1.54, 1.807) is 7.11 Å². The van der Waals surface area contributed by atoms with Gasteiger partial charge in [0.2, 0.25) is 0 Å². The van der Waals surface area contributed by atoms with E-state index < -0.39 is 0 Å². The Hall–Kier alpha value is -0.120. The van der Waals surface area contributed by atoms with Gasteiger partial charge in [0.1, 0.15) is 0 Å². The average Bonchev–Trinajstić information content (AvgIpc) is 2.43. The maximum absolute atomic E-state index is 5.10. The summed E-state index contributed by atoms with van der Waals surface area (Å²) in [6.45, 7) is 10.5. The second-order valence-electron chi connectivity index (χ2n) is 7.27. The Labute approximate surface area is 125 Å². The molecule has 3 unspecified atom stereocenters. The Bertz CT molecular complexity index is 262. The molecule has 0 radical (unpaired) electrons. The number of nitrogens with zero attached hydrogens (tertiary/aromatic N) is 1. The summed E-state index contributed by atoms with van der Waals surface area (Å²) in [5.74, 6) is 2.68. The van der Waals surface area contributed by atoms with Crippen LogP contribution in [0.2, 0.25) is 0 Å². The molecule has 0 bridgehead atoms. The lowest BCUT2D eigenvalue weighted by Crippen LogP contribution is -2.47. The highest BCUT2D eigenvalue weighted by molar-refractivity contribution is 4.85. The number of hydrogen-bond donors (Lipinski definition) is 1. The van der Waals surface area contributed by atoms with Gasteiger partial charge in [-0.2, -0.15) is 0 Å². The van der Waals surface area contributed by atoms with Crippen LogP contribution in [0.5, 0.6) is 0 Å². The summed E-state index contributed by atoms with van der Waals surface area (Å²) in [7, 11) is 1.77. The van der Waals surface area contributed by atoms with Crippen LogP contribution in [0.25, 0.3) is 0 Å². The summed E-state index contributed by atoms with van der Waals surface area (Å²) in [5.41, 5.74) is 0. The molecule has 1 aliphatic carbocycles. The Morgan fingerprint density at radius 3 is 2.60 bits per heavy atom. The summed E-state index contributed by atoms with van der Waals surface area (Å²) < 4.78 is 5.10. The molecule has 2 rings (SSSR count). The first kappa shape index (κ1) is 16.3. The molecule has 1 saturated heterocycles. The summed E-state index contributed by atoms with van der Waals surface area (Å²) in [6, 6.07) is 0.857. The minimum absolute atomic E-state index is 0.827. The minimum atomic E-state index is 0.827. The molecule has 0 spiro atoms. The minimum Gasteiger partial charge on any atom is -0.383 e. The van der Waals surface area contributed by atoms with E-state index in [-0.39, 0.29) is 0 Å². The molecule has 3 heteroatoms. The highest BCUT2D eigenvalue weighted by Crippen LogP contribution is 2.33. The highest BCUT2D eigenvalue weighted by atomic mass is 16.5. The zero-order valence-corrected chi connectivity index (χ0v) is 13.7. The largest absolute Gasteiger partial charge is 0.383 e. The summed E-state index contributed by atoms with van der Waals surface area (Å²) >= 11 is 0. The lowest BCUT2D eigenvalue weighted by molar-refractivity contribution is 0.0683. The summed E-state index contributed by atoms with van der Waals surface area (Å²) in [5, 5.41) is 3.55. The third-order valence-electron chi connectivity index (χ3n) is 5.14. The first-order valence-corrected chi connectivity index (χ1v) is 8.62. The van der Waals surface area contributed by atoms with Gasteiger partial charge >= 0.3 is 0 Å². The predicted octanol–water partition coefficient (Wildman–Crippen LogP) is 2.76. The molecule has 1 saturated carbocycles. The first-order chi connectivity index (χ1) is 9.69. The number of piperidine rings is 1. The Kier molecular flexibility index (Phi) is 6.79. The normalized spacial score (nSPS) is 36.1. The Balaban J connectivity index is 1.74. The SMILES string of the molecule is COCCNCC1CCCN(C2CC(C)CC(C)C2)C1. The van der Waals surface area contributed by atoms with Gasteiger partial charge in [0.15, 0.2) is 0 Å². The fourth-order valence-electron chi connectivity index (χ4n) is 4.28. The van der Waals surface area contributed by atoms with Gasteiger partial charge < -0.3 is 15.0 Å². The lowest BCUT2D eigenvalue weighted by atomic mass is 9.79.